The molecule has 2 rings (SSSR count). The Morgan fingerprint density at radius 1 is 1.05 bits per heavy atom. The number of hydrogen-bond donors (Lipinski definition) is 2. The van der Waals surface area contributed by atoms with Gasteiger partial charge in [0, 0.05) is 12.5 Å². The highest BCUT2D eigenvalue weighted by molar-refractivity contribution is 7.93. The normalized spacial score (nSPS) is 12.0. The summed E-state index contributed by atoms with van der Waals surface area (Å²) < 4.78 is 50.0. The highest BCUT2D eigenvalue weighted by Crippen LogP contribution is 2.23. The van der Waals surface area contributed by atoms with E-state index in [2.05, 4.69) is 9.71 Å². The quantitative estimate of drug-likeness (QED) is 0.860. The Bertz CT molecular complexity index is 860. The van der Waals surface area contributed by atoms with Gasteiger partial charge in [0.05, 0.1) is 10.6 Å². The zero-order chi connectivity index (χ0) is 15.7. The zero-order valence-corrected chi connectivity index (χ0v) is 12.6. The number of hydrogen-bond acceptors (Lipinski definition) is 6. The molecule has 21 heavy (non-hydrogen) atoms. The van der Waals surface area contributed by atoms with E-state index in [9.17, 15) is 16.8 Å². The number of anilines is 2. The highest BCUT2D eigenvalue weighted by atomic mass is 32.2. The van der Waals surface area contributed by atoms with Gasteiger partial charge in [0.2, 0.25) is 0 Å². The van der Waals surface area contributed by atoms with E-state index in [4.69, 9.17) is 5.73 Å². The highest BCUT2D eigenvalue weighted by Gasteiger charge is 2.19. The van der Waals surface area contributed by atoms with Crippen molar-refractivity contribution in [1.29, 1.82) is 0 Å². The van der Waals surface area contributed by atoms with Crippen molar-refractivity contribution in [3.63, 3.8) is 0 Å². The molecule has 0 aliphatic heterocycles. The van der Waals surface area contributed by atoms with Crippen molar-refractivity contribution in [2.75, 3.05) is 16.7 Å². The average molecular weight is 327 g/mol. The van der Waals surface area contributed by atoms with E-state index >= 15 is 0 Å². The second kappa shape index (κ2) is 5.34. The minimum Gasteiger partial charge on any atom is -0.384 e. The van der Waals surface area contributed by atoms with Crippen molar-refractivity contribution in [3.05, 3.63) is 42.6 Å². The second-order valence-corrected chi connectivity index (χ2v) is 7.96. The largest absolute Gasteiger partial charge is 0.384 e. The number of nitrogens with one attached hydrogen (secondary N) is 1. The number of nitrogens with zero attached hydrogens (tertiary/aromatic N) is 1. The first-order valence-corrected chi connectivity index (χ1v) is 9.11. The summed E-state index contributed by atoms with van der Waals surface area (Å²) >= 11 is 0. The van der Waals surface area contributed by atoms with Crippen LogP contribution in [0.1, 0.15) is 0 Å². The summed E-state index contributed by atoms with van der Waals surface area (Å²) in [5, 5.41) is 0. The van der Waals surface area contributed by atoms with Crippen LogP contribution in [0.15, 0.2) is 52.4 Å². The molecule has 0 aliphatic rings. The molecule has 0 radical (unpaired) electrons. The van der Waals surface area contributed by atoms with E-state index in [0.717, 1.165) is 12.5 Å². The van der Waals surface area contributed by atoms with Crippen LogP contribution in [0.2, 0.25) is 0 Å². The van der Waals surface area contributed by atoms with Crippen LogP contribution in [0.4, 0.5) is 11.5 Å². The smallest absolute Gasteiger partial charge is 0.263 e. The lowest BCUT2D eigenvalue weighted by Gasteiger charge is -2.11. The fourth-order valence-electron chi connectivity index (χ4n) is 1.63. The number of nitrogens with two attached hydrogens (primary N) is 1. The molecule has 7 nitrogen and oxygen atoms in total. The lowest BCUT2D eigenvalue weighted by Crippen LogP contribution is -2.15. The van der Waals surface area contributed by atoms with Crippen LogP contribution in [0.5, 0.6) is 0 Å². The molecule has 2 aromatic rings. The Hall–Kier alpha value is -2.13. The van der Waals surface area contributed by atoms with Crippen LogP contribution in [0.25, 0.3) is 0 Å². The average Bonchev–Trinajstić information content (AvgIpc) is 2.38. The molecule has 0 saturated heterocycles. The molecule has 9 heteroatoms. The van der Waals surface area contributed by atoms with Crippen molar-refractivity contribution < 1.29 is 16.8 Å². The lowest BCUT2D eigenvalue weighted by atomic mass is 10.3. The Morgan fingerprint density at radius 2 is 1.71 bits per heavy atom. The monoisotopic (exact) mass is 327 g/mol. The molecule has 0 spiro atoms. The summed E-state index contributed by atoms with van der Waals surface area (Å²) in [4.78, 5) is 3.49. The standard InChI is InChI=1S/C12H13N3O4S2/c1-20(16,17)11-5-3-2-4-10(11)15-21(18,19)9-6-7-12(13)14-8-9/h2-8,15H,1H3,(H2,13,14). The molecule has 1 aromatic heterocycles. The number of benzene rings is 1. The molecule has 0 amide bonds. The minimum atomic E-state index is -3.95. The number of rotatable bonds is 4. The molecule has 0 unspecified atom stereocenters. The van der Waals surface area contributed by atoms with Crippen molar-refractivity contribution >= 4 is 31.4 Å². The van der Waals surface area contributed by atoms with Gasteiger partial charge in [0.25, 0.3) is 10.0 Å². The summed E-state index contributed by atoms with van der Waals surface area (Å²) in [5.74, 6) is 0.186. The van der Waals surface area contributed by atoms with E-state index in [0.29, 0.717) is 0 Å². The molecule has 1 aromatic carbocycles. The molecule has 3 N–H and O–H groups in total. The Morgan fingerprint density at radius 3 is 2.29 bits per heavy atom. The number of aromatic nitrogens is 1. The van der Waals surface area contributed by atoms with E-state index in [1.807, 2.05) is 0 Å². The van der Waals surface area contributed by atoms with Crippen LogP contribution >= 0.6 is 0 Å². The lowest BCUT2D eigenvalue weighted by molar-refractivity contribution is 0.600. The van der Waals surface area contributed by atoms with E-state index in [1.54, 1.807) is 0 Å². The van der Waals surface area contributed by atoms with Gasteiger partial charge in [0.15, 0.2) is 9.84 Å². The summed E-state index contributed by atoms with van der Waals surface area (Å²) in [6.45, 7) is 0. The Labute approximate surface area is 122 Å². The molecular weight excluding hydrogens is 314 g/mol. The van der Waals surface area contributed by atoms with Gasteiger partial charge in [-0.2, -0.15) is 0 Å². The molecule has 0 bridgehead atoms. The minimum absolute atomic E-state index is 0.0168. The first-order chi connectivity index (χ1) is 9.70. The zero-order valence-electron chi connectivity index (χ0n) is 11.0. The van der Waals surface area contributed by atoms with Crippen LogP contribution in [-0.2, 0) is 19.9 Å². The predicted octanol–water partition coefficient (Wildman–Crippen LogP) is 0.868. The Balaban J connectivity index is 2.45. The third-order valence-corrected chi connectivity index (χ3v) is 5.11. The predicted molar refractivity (Wildman–Crippen MR) is 79.0 cm³/mol. The topological polar surface area (TPSA) is 119 Å². The fraction of sp³-hybridized carbons (Fsp3) is 0.0833. The molecule has 0 saturated carbocycles. The fourth-order valence-corrected chi connectivity index (χ4v) is 3.56. The molecule has 0 atom stereocenters. The summed E-state index contributed by atoms with van der Waals surface area (Å²) in [6.07, 6.45) is 2.10. The maximum absolute atomic E-state index is 12.2. The molecule has 112 valence electrons. The van der Waals surface area contributed by atoms with E-state index < -0.39 is 19.9 Å². The SMILES string of the molecule is CS(=O)(=O)c1ccccc1NS(=O)(=O)c1ccc(N)nc1. The number of nitrogen functional groups attached to an aromatic ring is 1. The van der Waals surface area contributed by atoms with Crippen LogP contribution in [0.3, 0.4) is 0 Å². The van der Waals surface area contributed by atoms with Crippen molar-refractivity contribution in [3.8, 4) is 0 Å². The Kier molecular flexibility index (Phi) is 3.88. The summed E-state index contributed by atoms with van der Waals surface area (Å²) in [7, 11) is -7.50. The molecular formula is C12H13N3O4S2. The van der Waals surface area contributed by atoms with Crippen molar-refractivity contribution in [2.24, 2.45) is 0 Å². The molecule has 0 aliphatic carbocycles. The number of sulfone groups is 1. The van der Waals surface area contributed by atoms with Gasteiger partial charge in [-0.1, -0.05) is 12.1 Å². The third-order valence-electron chi connectivity index (χ3n) is 2.60. The van der Waals surface area contributed by atoms with Gasteiger partial charge in [-0.3, -0.25) is 4.72 Å². The number of para-hydroxylation sites is 1. The van der Waals surface area contributed by atoms with Crippen LogP contribution in [0, 0.1) is 0 Å². The first kappa shape index (κ1) is 15.3. The summed E-state index contributed by atoms with van der Waals surface area (Å²) in [6, 6.07) is 8.38. The molecule has 0 fully saturated rings. The van der Waals surface area contributed by atoms with Gasteiger partial charge in [0.1, 0.15) is 10.7 Å². The first-order valence-electron chi connectivity index (χ1n) is 5.73. The van der Waals surface area contributed by atoms with Gasteiger partial charge >= 0.3 is 0 Å². The maximum Gasteiger partial charge on any atom is 0.263 e. The third kappa shape index (κ3) is 3.50. The van der Waals surface area contributed by atoms with Crippen molar-refractivity contribution in [2.45, 2.75) is 9.79 Å². The van der Waals surface area contributed by atoms with Crippen molar-refractivity contribution in [1.82, 2.24) is 4.98 Å². The summed E-state index contributed by atoms with van der Waals surface area (Å²) in [5.41, 5.74) is 5.38. The van der Waals surface area contributed by atoms with Crippen LogP contribution in [-0.4, -0.2) is 28.1 Å². The van der Waals surface area contributed by atoms with Crippen LogP contribution < -0.4 is 10.5 Å². The maximum atomic E-state index is 12.2. The molecule has 1 heterocycles. The van der Waals surface area contributed by atoms with E-state index in [1.165, 1.54) is 36.4 Å². The van der Waals surface area contributed by atoms with E-state index in [-0.39, 0.29) is 21.3 Å². The van der Waals surface area contributed by atoms with Gasteiger partial charge in [-0.05, 0) is 24.3 Å². The van der Waals surface area contributed by atoms with Gasteiger partial charge < -0.3 is 5.73 Å². The van der Waals surface area contributed by atoms with Gasteiger partial charge in [-0.25, -0.2) is 21.8 Å². The number of pyridine rings is 1. The number of sulfonamides is 1. The van der Waals surface area contributed by atoms with Gasteiger partial charge in [-0.15, -0.1) is 0 Å². The second-order valence-electron chi connectivity index (χ2n) is 4.29.